The first-order chi connectivity index (χ1) is 16.2. The standard InChI is InChI=1S/C24H21N7O2/c25-14-17-4-1-2-6-19(17)20-8-9-23-26-15-21(31(23)29-20)24(32)28-22-7-3-5-18(27-22)16-30-10-12-33-13-11-30/h1-9,15H,10-13,16H2,(H,27,28,32). The number of nitrogens with one attached hydrogen (secondary N) is 1. The quantitative estimate of drug-likeness (QED) is 0.509. The van der Waals surface area contributed by atoms with Gasteiger partial charge in [0.15, 0.2) is 11.3 Å². The molecule has 1 fully saturated rings. The summed E-state index contributed by atoms with van der Waals surface area (Å²) in [5, 5.41) is 16.8. The molecule has 0 saturated carbocycles. The molecule has 9 heteroatoms. The number of amides is 1. The molecule has 0 radical (unpaired) electrons. The number of ether oxygens (including phenoxy) is 1. The lowest BCUT2D eigenvalue weighted by Gasteiger charge is -2.26. The normalized spacial score (nSPS) is 14.2. The van der Waals surface area contributed by atoms with E-state index in [0.29, 0.717) is 34.8 Å². The maximum absolute atomic E-state index is 13.0. The first-order valence-electron chi connectivity index (χ1n) is 10.6. The maximum atomic E-state index is 13.0. The van der Waals surface area contributed by atoms with Gasteiger partial charge in [0.1, 0.15) is 5.82 Å². The number of carbonyl (C=O) groups excluding carboxylic acids is 1. The first-order valence-corrected chi connectivity index (χ1v) is 10.6. The Balaban J connectivity index is 1.39. The average molecular weight is 439 g/mol. The van der Waals surface area contributed by atoms with Gasteiger partial charge in [0.25, 0.3) is 5.91 Å². The van der Waals surface area contributed by atoms with Crippen molar-refractivity contribution in [2.75, 3.05) is 31.6 Å². The van der Waals surface area contributed by atoms with Gasteiger partial charge >= 0.3 is 0 Å². The number of pyridine rings is 1. The highest BCUT2D eigenvalue weighted by Crippen LogP contribution is 2.22. The van der Waals surface area contributed by atoms with Gasteiger partial charge in [-0.1, -0.05) is 24.3 Å². The fourth-order valence-electron chi connectivity index (χ4n) is 3.78. The van der Waals surface area contributed by atoms with Crippen LogP contribution in [0.25, 0.3) is 16.9 Å². The van der Waals surface area contributed by atoms with Gasteiger partial charge < -0.3 is 10.1 Å². The summed E-state index contributed by atoms with van der Waals surface area (Å²) >= 11 is 0. The molecule has 4 heterocycles. The minimum Gasteiger partial charge on any atom is -0.379 e. The van der Waals surface area contributed by atoms with E-state index in [2.05, 4.69) is 31.4 Å². The number of hydrogen-bond acceptors (Lipinski definition) is 7. The average Bonchev–Trinajstić information content (AvgIpc) is 3.28. The zero-order valence-electron chi connectivity index (χ0n) is 17.8. The van der Waals surface area contributed by atoms with Crippen molar-refractivity contribution in [3.05, 3.63) is 77.7 Å². The number of aromatic nitrogens is 4. The number of nitrogens with zero attached hydrogens (tertiary/aromatic N) is 6. The third-order valence-corrected chi connectivity index (χ3v) is 5.46. The number of nitriles is 1. The summed E-state index contributed by atoms with van der Waals surface area (Å²) in [7, 11) is 0. The number of anilines is 1. The van der Waals surface area contributed by atoms with E-state index < -0.39 is 0 Å². The SMILES string of the molecule is N#Cc1ccccc1-c1ccc2ncc(C(=O)Nc3cccc(CN4CCOCC4)n3)n2n1. The fourth-order valence-corrected chi connectivity index (χ4v) is 3.78. The van der Waals surface area contributed by atoms with Crippen molar-refractivity contribution >= 4 is 17.4 Å². The minimum atomic E-state index is -0.364. The van der Waals surface area contributed by atoms with Crippen LogP contribution in [0.2, 0.25) is 0 Å². The van der Waals surface area contributed by atoms with E-state index >= 15 is 0 Å². The number of fused-ring (bicyclic) bond motifs is 1. The van der Waals surface area contributed by atoms with Crippen molar-refractivity contribution in [2.45, 2.75) is 6.54 Å². The lowest BCUT2D eigenvalue weighted by molar-refractivity contribution is 0.0337. The summed E-state index contributed by atoms with van der Waals surface area (Å²) in [6, 6.07) is 18.5. The molecule has 1 N–H and O–H groups in total. The summed E-state index contributed by atoms with van der Waals surface area (Å²) in [4.78, 5) is 24.2. The Hall–Kier alpha value is -4.13. The molecule has 0 bridgehead atoms. The Kier molecular flexibility index (Phi) is 5.76. The fraction of sp³-hybridized carbons (Fsp3) is 0.208. The van der Waals surface area contributed by atoms with Crippen LogP contribution in [0.1, 0.15) is 21.7 Å². The number of hydrogen-bond donors (Lipinski definition) is 1. The topological polar surface area (TPSA) is 108 Å². The van der Waals surface area contributed by atoms with E-state index in [-0.39, 0.29) is 11.6 Å². The molecule has 1 amide bonds. The van der Waals surface area contributed by atoms with E-state index in [9.17, 15) is 10.1 Å². The van der Waals surface area contributed by atoms with Crippen molar-refractivity contribution in [1.29, 1.82) is 5.26 Å². The molecule has 164 valence electrons. The second-order valence-electron chi connectivity index (χ2n) is 7.65. The van der Waals surface area contributed by atoms with Crippen molar-refractivity contribution in [3.63, 3.8) is 0 Å². The van der Waals surface area contributed by atoms with Gasteiger partial charge in [-0.3, -0.25) is 9.69 Å². The van der Waals surface area contributed by atoms with Crippen LogP contribution in [-0.4, -0.2) is 56.7 Å². The second-order valence-corrected chi connectivity index (χ2v) is 7.65. The molecule has 1 aliphatic heterocycles. The van der Waals surface area contributed by atoms with Crippen molar-refractivity contribution in [3.8, 4) is 17.3 Å². The second kappa shape index (κ2) is 9.16. The third kappa shape index (κ3) is 4.43. The molecule has 5 rings (SSSR count). The first kappa shape index (κ1) is 20.8. The van der Waals surface area contributed by atoms with E-state index in [4.69, 9.17) is 4.74 Å². The summed E-state index contributed by atoms with van der Waals surface area (Å²) in [5.74, 6) is 0.100. The molecule has 1 aliphatic rings. The maximum Gasteiger partial charge on any atom is 0.277 e. The predicted octanol–water partition coefficient (Wildman–Crippen LogP) is 2.75. The van der Waals surface area contributed by atoms with E-state index in [1.165, 1.54) is 10.7 Å². The summed E-state index contributed by atoms with van der Waals surface area (Å²) in [6.45, 7) is 3.87. The highest BCUT2D eigenvalue weighted by molar-refractivity contribution is 6.02. The molecule has 9 nitrogen and oxygen atoms in total. The highest BCUT2D eigenvalue weighted by Gasteiger charge is 2.17. The van der Waals surface area contributed by atoms with E-state index in [0.717, 1.165) is 32.0 Å². The van der Waals surface area contributed by atoms with Crippen molar-refractivity contribution in [2.24, 2.45) is 0 Å². The summed E-state index contributed by atoms with van der Waals surface area (Å²) in [6.07, 6.45) is 1.48. The zero-order valence-corrected chi connectivity index (χ0v) is 17.8. The van der Waals surface area contributed by atoms with Crippen molar-refractivity contribution in [1.82, 2.24) is 24.5 Å². The van der Waals surface area contributed by atoms with Crippen LogP contribution in [-0.2, 0) is 11.3 Å². The molecule has 33 heavy (non-hydrogen) atoms. The largest absolute Gasteiger partial charge is 0.379 e. The molecule has 0 spiro atoms. The highest BCUT2D eigenvalue weighted by atomic mass is 16.5. The van der Waals surface area contributed by atoms with E-state index in [1.807, 2.05) is 24.3 Å². The van der Waals surface area contributed by atoms with Crippen LogP contribution in [0.5, 0.6) is 0 Å². The van der Waals surface area contributed by atoms with Crippen LogP contribution in [0.4, 0.5) is 5.82 Å². The molecule has 0 atom stereocenters. The van der Waals surface area contributed by atoms with Crippen molar-refractivity contribution < 1.29 is 9.53 Å². The van der Waals surface area contributed by atoms with Gasteiger partial charge in [0, 0.05) is 25.2 Å². The number of benzene rings is 1. The van der Waals surface area contributed by atoms with Crippen LogP contribution in [0, 0.1) is 11.3 Å². The lowest BCUT2D eigenvalue weighted by atomic mass is 10.1. The Morgan fingerprint density at radius 3 is 2.79 bits per heavy atom. The van der Waals surface area contributed by atoms with Gasteiger partial charge in [-0.25, -0.2) is 14.5 Å². The third-order valence-electron chi connectivity index (χ3n) is 5.46. The minimum absolute atomic E-state index is 0.279. The number of morpholine rings is 1. The zero-order chi connectivity index (χ0) is 22.6. The molecule has 0 unspecified atom stereocenters. The van der Waals surface area contributed by atoms with Gasteiger partial charge in [-0.05, 0) is 30.3 Å². The monoisotopic (exact) mass is 439 g/mol. The van der Waals surface area contributed by atoms with Gasteiger partial charge in [0.05, 0.1) is 42.4 Å². The smallest absolute Gasteiger partial charge is 0.277 e. The van der Waals surface area contributed by atoms with Crippen LogP contribution in [0.3, 0.4) is 0 Å². The molecule has 0 aliphatic carbocycles. The van der Waals surface area contributed by atoms with Gasteiger partial charge in [0.2, 0.25) is 0 Å². The van der Waals surface area contributed by atoms with Gasteiger partial charge in [-0.2, -0.15) is 10.4 Å². The number of imidazole rings is 1. The van der Waals surface area contributed by atoms with Gasteiger partial charge in [-0.15, -0.1) is 0 Å². The Labute approximate surface area is 190 Å². The number of carbonyl (C=O) groups is 1. The Morgan fingerprint density at radius 2 is 1.94 bits per heavy atom. The molecule has 1 saturated heterocycles. The van der Waals surface area contributed by atoms with E-state index in [1.54, 1.807) is 30.3 Å². The van der Waals surface area contributed by atoms with Crippen LogP contribution in [0.15, 0.2) is 60.8 Å². The van der Waals surface area contributed by atoms with Crippen LogP contribution < -0.4 is 5.32 Å². The predicted molar refractivity (Wildman–Crippen MR) is 121 cm³/mol. The molecule has 3 aromatic heterocycles. The summed E-state index contributed by atoms with van der Waals surface area (Å²) in [5.41, 5.74) is 3.48. The molecule has 1 aromatic carbocycles. The van der Waals surface area contributed by atoms with Crippen LogP contribution >= 0.6 is 0 Å². The Morgan fingerprint density at radius 1 is 1.09 bits per heavy atom. The molecular formula is C24H21N7O2. The molecular weight excluding hydrogens is 418 g/mol. The Bertz CT molecular complexity index is 1350. The lowest BCUT2D eigenvalue weighted by Crippen LogP contribution is -2.35. The molecule has 4 aromatic rings. The summed E-state index contributed by atoms with van der Waals surface area (Å²) < 4.78 is 6.87. The number of rotatable bonds is 5.